The van der Waals surface area contributed by atoms with E-state index in [4.69, 9.17) is 4.98 Å². The lowest BCUT2D eigenvalue weighted by Gasteiger charge is -2.28. The summed E-state index contributed by atoms with van der Waals surface area (Å²) in [7, 11) is 0. The van der Waals surface area contributed by atoms with Crippen LogP contribution in [0.4, 0.5) is 17.1 Å². The number of hydrogen-bond donors (Lipinski definition) is 0. The first-order valence-electron chi connectivity index (χ1n) is 13.0. The standard InChI is InChI=1S/C34H31N3/c1-34(2,3)28-18-20-36-31(23-28)26-10-8-11-29(21-26)37-32-13-5-4-9-24(32)14-15-25-16-17-27(22-33(25)37)30-12-6-7-19-35-30/h4-13,16-23H,14-15H2,1-3H3. The number of aromatic nitrogens is 2. The lowest BCUT2D eigenvalue weighted by molar-refractivity contribution is 0.589. The van der Waals surface area contributed by atoms with E-state index in [1.54, 1.807) is 0 Å². The van der Waals surface area contributed by atoms with E-state index in [0.29, 0.717) is 0 Å². The minimum atomic E-state index is 0.0693. The van der Waals surface area contributed by atoms with Crippen molar-refractivity contribution in [2.75, 3.05) is 4.90 Å². The van der Waals surface area contributed by atoms with Crippen LogP contribution in [-0.4, -0.2) is 9.97 Å². The van der Waals surface area contributed by atoms with E-state index in [2.05, 4.69) is 116 Å². The second-order valence-electron chi connectivity index (χ2n) is 10.8. The van der Waals surface area contributed by atoms with Crippen molar-refractivity contribution >= 4 is 17.1 Å². The fourth-order valence-electron chi connectivity index (χ4n) is 5.15. The van der Waals surface area contributed by atoms with Gasteiger partial charge in [-0.2, -0.15) is 0 Å². The van der Waals surface area contributed by atoms with Crippen molar-refractivity contribution < 1.29 is 0 Å². The number of benzene rings is 3. The monoisotopic (exact) mass is 481 g/mol. The van der Waals surface area contributed by atoms with Gasteiger partial charge in [0.15, 0.2) is 0 Å². The van der Waals surface area contributed by atoms with Gasteiger partial charge in [-0.1, -0.05) is 69.3 Å². The lowest BCUT2D eigenvalue weighted by Crippen LogP contribution is -2.12. The van der Waals surface area contributed by atoms with Crippen molar-refractivity contribution in [1.82, 2.24) is 9.97 Å². The Hall–Kier alpha value is -4.24. The third kappa shape index (κ3) is 4.53. The van der Waals surface area contributed by atoms with Crippen molar-refractivity contribution in [3.05, 3.63) is 126 Å². The van der Waals surface area contributed by atoms with Crippen molar-refractivity contribution in [2.24, 2.45) is 0 Å². The molecule has 1 aliphatic heterocycles. The van der Waals surface area contributed by atoms with E-state index in [1.807, 2.05) is 24.5 Å². The number of anilines is 3. The van der Waals surface area contributed by atoms with Crippen molar-refractivity contribution in [3.8, 4) is 22.5 Å². The summed E-state index contributed by atoms with van der Waals surface area (Å²) in [5, 5.41) is 0. The van der Waals surface area contributed by atoms with Crippen LogP contribution in [0.25, 0.3) is 22.5 Å². The van der Waals surface area contributed by atoms with Gasteiger partial charge in [0.1, 0.15) is 0 Å². The van der Waals surface area contributed by atoms with Gasteiger partial charge in [0.2, 0.25) is 0 Å². The summed E-state index contributed by atoms with van der Waals surface area (Å²) in [5.41, 5.74) is 11.9. The second-order valence-corrected chi connectivity index (χ2v) is 10.8. The van der Waals surface area contributed by atoms with Crippen LogP contribution >= 0.6 is 0 Å². The molecule has 0 unspecified atom stereocenters. The number of pyridine rings is 2. The Morgan fingerprint density at radius 2 is 1.35 bits per heavy atom. The molecule has 37 heavy (non-hydrogen) atoms. The Kier molecular flexibility index (Phi) is 5.84. The molecule has 0 saturated heterocycles. The van der Waals surface area contributed by atoms with Gasteiger partial charge in [-0.05, 0) is 83.5 Å². The number of hydrogen-bond acceptors (Lipinski definition) is 3. The summed E-state index contributed by atoms with van der Waals surface area (Å²) in [5.74, 6) is 0. The second kappa shape index (κ2) is 9.33. The first kappa shape index (κ1) is 23.2. The molecule has 182 valence electrons. The van der Waals surface area contributed by atoms with Crippen LogP contribution < -0.4 is 4.90 Å². The zero-order valence-electron chi connectivity index (χ0n) is 21.6. The molecule has 0 spiro atoms. The molecule has 0 fully saturated rings. The van der Waals surface area contributed by atoms with Crippen molar-refractivity contribution in [2.45, 2.75) is 39.0 Å². The number of rotatable bonds is 3. The Morgan fingerprint density at radius 1 is 0.595 bits per heavy atom. The molecule has 0 amide bonds. The van der Waals surface area contributed by atoms with E-state index in [-0.39, 0.29) is 5.41 Å². The number of aryl methyl sites for hydroxylation is 2. The van der Waals surface area contributed by atoms with Gasteiger partial charge in [-0.15, -0.1) is 0 Å². The van der Waals surface area contributed by atoms with Gasteiger partial charge in [0.05, 0.1) is 17.1 Å². The third-order valence-corrected chi connectivity index (χ3v) is 7.21. The summed E-state index contributed by atoms with van der Waals surface area (Å²) in [4.78, 5) is 11.8. The summed E-state index contributed by atoms with van der Waals surface area (Å²) < 4.78 is 0. The Balaban J connectivity index is 1.52. The topological polar surface area (TPSA) is 29.0 Å². The van der Waals surface area contributed by atoms with Gasteiger partial charge in [0, 0.05) is 34.9 Å². The Bertz CT molecular complexity index is 1560. The molecule has 1 aliphatic rings. The summed E-state index contributed by atoms with van der Waals surface area (Å²) in [6.07, 6.45) is 5.80. The highest BCUT2D eigenvalue weighted by Gasteiger charge is 2.23. The van der Waals surface area contributed by atoms with Crippen molar-refractivity contribution in [3.63, 3.8) is 0 Å². The van der Waals surface area contributed by atoms with Crippen molar-refractivity contribution in [1.29, 1.82) is 0 Å². The fourth-order valence-corrected chi connectivity index (χ4v) is 5.15. The molecule has 3 aromatic carbocycles. The normalized spacial score (nSPS) is 13.0. The highest BCUT2D eigenvalue weighted by Crippen LogP contribution is 2.43. The molecule has 0 bridgehead atoms. The molecule has 3 nitrogen and oxygen atoms in total. The van der Waals surface area contributed by atoms with Crippen LogP contribution in [0.3, 0.4) is 0 Å². The molecule has 3 heteroatoms. The molecular weight excluding hydrogens is 450 g/mol. The maximum absolute atomic E-state index is 4.74. The largest absolute Gasteiger partial charge is 0.310 e. The molecular formula is C34H31N3. The van der Waals surface area contributed by atoms with Crippen LogP contribution in [0, 0.1) is 0 Å². The number of nitrogens with zero attached hydrogens (tertiary/aromatic N) is 3. The predicted octanol–water partition coefficient (Wildman–Crippen LogP) is 8.68. The average Bonchev–Trinajstić information content (AvgIpc) is 3.10. The first-order valence-corrected chi connectivity index (χ1v) is 13.0. The maximum Gasteiger partial charge on any atom is 0.0705 e. The van der Waals surface area contributed by atoms with Crippen LogP contribution in [0.5, 0.6) is 0 Å². The molecule has 2 aromatic heterocycles. The zero-order chi connectivity index (χ0) is 25.4. The van der Waals surface area contributed by atoms with Crippen LogP contribution in [0.1, 0.15) is 37.5 Å². The maximum atomic E-state index is 4.74. The summed E-state index contributed by atoms with van der Waals surface area (Å²) >= 11 is 0. The van der Waals surface area contributed by atoms with E-state index in [1.165, 1.54) is 28.1 Å². The molecule has 6 rings (SSSR count). The van der Waals surface area contributed by atoms with Gasteiger partial charge < -0.3 is 4.90 Å². The smallest absolute Gasteiger partial charge is 0.0705 e. The van der Waals surface area contributed by atoms with Gasteiger partial charge >= 0.3 is 0 Å². The molecule has 0 atom stereocenters. The Morgan fingerprint density at radius 3 is 2.16 bits per heavy atom. The van der Waals surface area contributed by atoms with E-state index >= 15 is 0 Å². The van der Waals surface area contributed by atoms with Crippen LogP contribution in [0.2, 0.25) is 0 Å². The van der Waals surface area contributed by atoms with Crippen LogP contribution in [-0.2, 0) is 18.3 Å². The summed E-state index contributed by atoms with van der Waals surface area (Å²) in [6, 6.07) is 34.8. The highest BCUT2D eigenvalue weighted by atomic mass is 15.1. The SMILES string of the molecule is CC(C)(C)c1ccnc(-c2cccc(N3c4ccccc4CCc4ccc(-c5ccccn5)cc43)c2)c1. The highest BCUT2D eigenvalue weighted by molar-refractivity contribution is 5.85. The van der Waals surface area contributed by atoms with Crippen LogP contribution in [0.15, 0.2) is 109 Å². The lowest BCUT2D eigenvalue weighted by atomic mass is 9.87. The molecule has 3 heterocycles. The fraction of sp³-hybridized carbons (Fsp3) is 0.176. The van der Waals surface area contributed by atoms with E-state index in [9.17, 15) is 0 Å². The summed E-state index contributed by atoms with van der Waals surface area (Å²) in [6.45, 7) is 6.73. The molecule has 5 aromatic rings. The number of para-hydroxylation sites is 1. The molecule has 0 aliphatic carbocycles. The molecule has 0 radical (unpaired) electrons. The van der Waals surface area contributed by atoms with Gasteiger partial charge in [0.25, 0.3) is 0 Å². The molecule has 0 N–H and O–H groups in total. The zero-order valence-corrected chi connectivity index (χ0v) is 21.6. The van der Waals surface area contributed by atoms with E-state index < -0.39 is 0 Å². The first-order chi connectivity index (χ1) is 18.0. The van der Waals surface area contributed by atoms with Gasteiger partial charge in [-0.25, -0.2) is 0 Å². The average molecular weight is 482 g/mol. The van der Waals surface area contributed by atoms with Gasteiger partial charge in [-0.3, -0.25) is 9.97 Å². The Labute approximate surface area is 219 Å². The minimum absolute atomic E-state index is 0.0693. The predicted molar refractivity (Wildman–Crippen MR) is 154 cm³/mol. The minimum Gasteiger partial charge on any atom is -0.310 e. The van der Waals surface area contributed by atoms with E-state index in [0.717, 1.165) is 41.0 Å². The number of fused-ring (bicyclic) bond motifs is 2. The molecule has 0 saturated carbocycles. The quantitative estimate of drug-likeness (QED) is 0.258. The third-order valence-electron chi connectivity index (χ3n) is 7.21.